The number of hydrogen-bond acceptors (Lipinski definition) is 5. The summed E-state index contributed by atoms with van der Waals surface area (Å²) >= 11 is 7.40. The van der Waals surface area contributed by atoms with Crippen molar-refractivity contribution < 1.29 is 9.59 Å². The van der Waals surface area contributed by atoms with Crippen LogP contribution in [0.2, 0.25) is 5.02 Å². The fourth-order valence-electron chi connectivity index (χ4n) is 3.16. The predicted molar refractivity (Wildman–Crippen MR) is 128 cm³/mol. The fourth-order valence-corrected chi connectivity index (χ4v) is 4.15. The topological polar surface area (TPSA) is 88.9 Å². The Morgan fingerprint density at radius 2 is 1.75 bits per heavy atom. The van der Waals surface area contributed by atoms with Crippen LogP contribution >= 0.6 is 23.4 Å². The molecule has 0 bridgehead atoms. The zero-order valence-corrected chi connectivity index (χ0v) is 19.8. The van der Waals surface area contributed by atoms with Crippen LogP contribution in [0.5, 0.6) is 0 Å². The molecule has 0 aliphatic heterocycles. The molecule has 1 aromatic heterocycles. The molecule has 3 aromatic rings. The average molecular weight is 472 g/mol. The number of rotatable bonds is 9. The Hall–Kier alpha value is -2.84. The number of para-hydroxylation sites is 1. The number of nitrogens with zero attached hydrogens (tertiary/aromatic N) is 3. The van der Waals surface area contributed by atoms with E-state index < -0.39 is 0 Å². The second-order valence-corrected chi connectivity index (χ2v) is 8.81. The van der Waals surface area contributed by atoms with Gasteiger partial charge in [0.25, 0.3) is 5.91 Å². The maximum Gasteiger partial charge on any atom is 0.251 e. The van der Waals surface area contributed by atoms with Crippen molar-refractivity contribution in [2.24, 2.45) is 5.92 Å². The second-order valence-electron chi connectivity index (χ2n) is 7.46. The molecule has 0 unspecified atom stereocenters. The van der Waals surface area contributed by atoms with Crippen molar-refractivity contribution in [2.45, 2.75) is 38.5 Å². The van der Waals surface area contributed by atoms with Gasteiger partial charge in [-0.15, -0.1) is 10.2 Å². The van der Waals surface area contributed by atoms with Gasteiger partial charge in [-0.05, 0) is 37.1 Å². The Balaban J connectivity index is 1.71. The Kier molecular flexibility index (Phi) is 8.30. The summed E-state index contributed by atoms with van der Waals surface area (Å²) < 4.78 is 1.93. The van der Waals surface area contributed by atoms with Crippen LogP contribution in [0.25, 0.3) is 0 Å². The van der Waals surface area contributed by atoms with Crippen molar-refractivity contribution in [1.82, 2.24) is 20.1 Å². The Morgan fingerprint density at radius 3 is 2.41 bits per heavy atom. The molecule has 0 fully saturated rings. The lowest BCUT2D eigenvalue weighted by molar-refractivity contribution is -0.113. The lowest BCUT2D eigenvalue weighted by atomic mass is 10.0. The molecule has 3 rings (SSSR count). The summed E-state index contributed by atoms with van der Waals surface area (Å²) in [6.07, 6.45) is 0. The minimum atomic E-state index is -0.318. The van der Waals surface area contributed by atoms with E-state index in [9.17, 15) is 9.59 Å². The first-order valence-corrected chi connectivity index (χ1v) is 11.7. The van der Waals surface area contributed by atoms with Crippen molar-refractivity contribution >= 4 is 40.9 Å². The molecule has 0 aliphatic rings. The van der Waals surface area contributed by atoms with Crippen LogP contribution in [-0.2, 0) is 11.3 Å². The number of aromatic nitrogens is 3. The molecule has 2 N–H and O–H groups in total. The number of amides is 2. The van der Waals surface area contributed by atoms with Crippen LogP contribution in [0.4, 0.5) is 5.69 Å². The first-order chi connectivity index (χ1) is 15.4. The average Bonchev–Trinajstić information content (AvgIpc) is 3.20. The highest BCUT2D eigenvalue weighted by Gasteiger charge is 2.26. The highest BCUT2D eigenvalue weighted by molar-refractivity contribution is 7.99. The summed E-state index contributed by atoms with van der Waals surface area (Å²) in [7, 11) is 0. The van der Waals surface area contributed by atoms with E-state index in [1.807, 2.05) is 49.6 Å². The molecule has 1 heterocycles. The van der Waals surface area contributed by atoms with Crippen LogP contribution in [-0.4, -0.2) is 32.3 Å². The molecule has 0 spiro atoms. The maximum absolute atomic E-state index is 12.7. The highest BCUT2D eigenvalue weighted by atomic mass is 35.5. The zero-order chi connectivity index (χ0) is 23.1. The van der Waals surface area contributed by atoms with Crippen LogP contribution in [0.3, 0.4) is 0 Å². The summed E-state index contributed by atoms with van der Waals surface area (Å²) in [5.41, 5.74) is 1.16. The smallest absolute Gasteiger partial charge is 0.251 e. The molecule has 0 radical (unpaired) electrons. The predicted octanol–water partition coefficient (Wildman–Crippen LogP) is 4.81. The van der Waals surface area contributed by atoms with Gasteiger partial charge in [0.1, 0.15) is 0 Å². The number of carbonyl (C=O) groups excluding carboxylic acids is 2. The highest BCUT2D eigenvalue weighted by Crippen LogP contribution is 2.26. The van der Waals surface area contributed by atoms with Crippen LogP contribution in [0.15, 0.2) is 59.8 Å². The van der Waals surface area contributed by atoms with E-state index in [-0.39, 0.29) is 29.5 Å². The second kappa shape index (κ2) is 11.2. The van der Waals surface area contributed by atoms with E-state index in [1.165, 1.54) is 11.8 Å². The lowest BCUT2D eigenvalue weighted by Gasteiger charge is -2.22. The van der Waals surface area contributed by atoms with Gasteiger partial charge in [0.05, 0.1) is 22.5 Å². The summed E-state index contributed by atoms with van der Waals surface area (Å²) in [6.45, 7) is 6.64. The molecule has 0 saturated heterocycles. The minimum absolute atomic E-state index is 0.0959. The monoisotopic (exact) mass is 471 g/mol. The first kappa shape index (κ1) is 23.8. The van der Waals surface area contributed by atoms with Crippen molar-refractivity contribution in [3.05, 3.63) is 71.0 Å². The van der Waals surface area contributed by atoms with Gasteiger partial charge in [-0.1, -0.05) is 67.5 Å². The number of halogens is 1. The van der Waals surface area contributed by atoms with Crippen LogP contribution < -0.4 is 10.6 Å². The number of benzene rings is 2. The summed E-state index contributed by atoms with van der Waals surface area (Å²) in [6, 6.07) is 15.8. The van der Waals surface area contributed by atoms with E-state index >= 15 is 0 Å². The maximum atomic E-state index is 12.7. The van der Waals surface area contributed by atoms with E-state index in [1.54, 1.807) is 30.3 Å². The van der Waals surface area contributed by atoms with Crippen molar-refractivity contribution in [2.75, 3.05) is 11.1 Å². The Labute approximate surface area is 197 Å². The SMILES string of the molecule is CCn1c(SCC(=O)Nc2ccccc2Cl)nnc1[C@H](NC(=O)c1ccccc1)C(C)C. The molecule has 7 nitrogen and oxygen atoms in total. The van der Waals surface area contributed by atoms with Gasteiger partial charge in [-0.3, -0.25) is 9.59 Å². The third-order valence-electron chi connectivity index (χ3n) is 4.81. The molecule has 1 atom stereocenters. The third-order valence-corrected chi connectivity index (χ3v) is 6.11. The molecule has 168 valence electrons. The van der Waals surface area contributed by atoms with E-state index in [0.717, 1.165) is 0 Å². The summed E-state index contributed by atoms with van der Waals surface area (Å²) in [5, 5.41) is 15.6. The van der Waals surface area contributed by atoms with Gasteiger partial charge in [0.15, 0.2) is 11.0 Å². The minimum Gasteiger partial charge on any atom is -0.342 e. The zero-order valence-electron chi connectivity index (χ0n) is 18.2. The Bertz CT molecular complexity index is 1070. The van der Waals surface area contributed by atoms with Gasteiger partial charge in [-0.2, -0.15) is 0 Å². The number of carbonyl (C=O) groups is 2. The number of thioether (sulfide) groups is 1. The first-order valence-electron chi connectivity index (χ1n) is 10.4. The molecule has 2 aromatic carbocycles. The molecule has 0 aliphatic carbocycles. The van der Waals surface area contributed by atoms with Gasteiger partial charge in [-0.25, -0.2) is 0 Å². The molecular weight excluding hydrogens is 446 g/mol. The van der Waals surface area contributed by atoms with Gasteiger partial charge < -0.3 is 15.2 Å². The van der Waals surface area contributed by atoms with Crippen LogP contribution in [0, 0.1) is 5.92 Å². The van der Waals surface area contributed by atoms with E-state index in [0.29, 0.717) is 33.8 Å². The lowest BCUT2D eigenvalue weighted by Crippen LogP contribution is -2.33. The summed E-state index contributed by atoms with van der Waals surface area (Å²) in [4.78, 5) is 25.1. The molecule has 2 amide bonds. The molecular formula is C23H26ClN5O2S. The van der Waals surface area contributed by atoms with Gasteiger partial charge in [0.2, 0.25) is 5.91 Å². The Morgan fingerprint density at radius 1 is 1.06 bits per heavy atom. The van der Waals surface area contributed by atoms with Gasteiger partial charge >= 0.3 is 0 Å². The standard InChI is InChI=1S/C23H26ClN5O2S/c1-4-29-21(20(15(2)3)26-22(31)16-10-6-5-7-11-16)27-28-23(29)32-14-19(30)25-18-13-9-8-12-17(18)24/h5-13,15,20H,4,14H2,1-3H3,(H,25,30)(H,26,31)/t20-/m1/s1. The third kappa shape index (κ3) is 5.89. The van der Waals surface area contributed by atoms with Crippen molar-refractivity contribution in [3.63, 3.8) is 0 Å². The molecule has 9 heteroatoms. The van der Waals surface area contributed by atoms with E-state index in [2.05, 4.69) is 20.8 Å². The number of hydrogen-bond donors (Lipinski definition) is 2. The van der Waals surface area contributed by atoms with Crippen molar-refractivity contribution in [1.29, 1.82) is 0 Å². The largest absolute Gasteiger partial charge is 0.342 e. The molecule has 0 saturated carbocycles. The molecule has 32 heavy (non-hydrogen) atoms. The fraction of sp³-hybridized carbons (Fsp3) is 0.304. The van der Waals surface area contributed by atoms with Crippen molar-refractivity contribution in [3.8, 4) is 0 Å². The number of anilines is 1. The number of nitrogens with one attached hydrogen (secondary N) is 2. The summed E-state index contributed by atoms with van der Waals surface area (Å²) in [5.74, 6) is 0.571. The van der Waals surface area contributed by atoms with Crippen LogP contribution in [0.1, 0.15) is 43.0 Å². The normalized spacial score (nSPS) is 11.9. The van der Waals surface area contributed by atoms with E-state index in [4.69, 9.17) is 11.6 Å². The quantitative estimate of drug-likeness (QED) is 0.437. The van der Waals surface area contributed by atoms with Gasteiger partial charge in [0, 0.05) is 12.1 Å².